The molecule has 1 aliphatic heterocycles. The van der Waals surface area contributed by atoms with E-state index in [0.29, 0.717) is 6.04 Å². The van der Waals surface area contributed by atoms with Gasteiger partial charge in [0.25, 0.3) is 0 Å². The van der Waals surface area contributed by atoms with Crippen molar-refractivity contribution in [1.82, 2.24) is 15.6 Å². The summed E-state index contributed by atoms with van der Waals surface area (Å²) in [5.74, 6) is 0. The van der Waals surface area contributed by atoms with Crippen LogP contribution < -0.4 is 10.6 Å². The van der Waals surface area contributed by atoms with Crippen LogP contribution in [0.3, 0.4) is 0 Å². The number of piperazine rings is 1. The Kier molecular flexibility index (Phi) is 3.49. The molecule has 0 radical (unpaired) electrons. The minimum absolute atomic E-state index is 0.616. The van der Waals surface area contributed by atoms with Crippen molar-refractivity contribution in [2.45, 2.75) is 18.9 Å². The molecule has 0 saturated carbocycles. The molecule has 2 N–H and O–H groups in total. The Balaban J connectivity index is 1.76. The summed E-state index contributed by atoms with van der Waals surface area (Å²) in [7, 11) is 0. The summed E-state index contributed by atoms with van der Waals surface area (Å²) in [6, 6.07) is 6.72. The van der Waals surface area contributed by atoms with Gasteiger partial charge in [0.2, 0.25) is 0 Å². The summed E-state index contributed by atoms with van der Waals surface area (Å²) in [5.41, 5.74) is 1.19. The number of aromatic nitrogens is 1. The fourth-order valence-electron chi connectivity index (χ4n) is 1.79. The first-order valence-corrected chi connectivity index (χ1v) is 5.29. The highest BCUT2D eigenvalue weighted by atomic mass is 15.0. The quantitative estimate of drug-likeness (QED) is 0.733. The Morgan fingerprint density at radius 2 is 2.36 bits per heavy atom. The standard InChI is InChI=1S/C11H17N3/c1-2-6-13-10(3-1)4-5-11-9-12-7-8-14-11/h1-3,6,11-12,14H,4-5,7-9H2/t11-/m0/s1. The van der Waals surface area contributed by atoms with Gasteiger partial charge in [0.1, 0.15) is 0 Å². The van der Waals surface area contributed by atoms with Gasteiger partial charge in [0.05, 0.1) is 0 Å². The monoisotopic (exact) mass is 191 g/mol. The van der Waals surface area contributed by atoms with Crippen molar-refractivity contribution in [1.29, 1.82) is 0 Å². The van der Waals surface area contributed by atoms with E-state index < -0.39 is 0 Å². The molecule has 0 aliphatic carbocycles. The number of rotatable bonds is 3. The van der Waals surface area contributed by atoms with E-state index in [0.717, 1.165) is 26.1 Å². The molecular weight excluding hydrogens is 174 g/mol. The Morgan fingerprint density at radius 1 is 1.36 bits per heavy atom. The smallest absolute Gasteiger partial charge is 0.0404 e. The van der Waals surface area contributed by atoms with Crippen LogP contribution >= 0.6 is 0 Å². The molecule has 1 aliphatic rings. The lowest BCUT2D eigenvalue weighted by molar-refractivity contribution is 0.399. The number of nitrogens with one attached hydrogen (secondary N) is 2. The molecule has 0 bridgehead atoms. The Morgan fingerprint density at radius 3 is 3.07 bits per heavy atom. The van der Waals surface area contributed by atoms with Crippen LogP contribution in [0.4, 0.5) is 0 Å². The van der Waals surface area contributed by atoms with Gasteiger partial charge in [-0.25, -0.2) is 0 Å². The second-order valence-corrected chi connectivity index (χ2v) is 3.71. The third-order valence-electron chi connectivity index (χ3n) is 2.60. The highest BCUT2D eigenvalue weighted by Gasteiger charge is 2.11. The third-order valence-corrected chi connectivity index (χ3v) is 2.60. The maximum Gasteiger partial charge on any atom is 0.0404 e. The number of aryl methyl sites for hydroxylation is 1. The van der Waals surface area contributed by atoms with E-state index in [1.807, 2.05) is 12.3 Å². The Hall–Kier alpha value is -0.930. The van der Waals surface area contributed by atoms with Gasteiger partial charge in [-0.2, -0.15) is 0 Å². The maximum atomic E-state index is 4.31. The molecule has 0 spiro atoms. The lowest BCUT2D eigenvalue weighted by atomic mass is 10.1. The van der Waals surface area contributed by atoms with E-state index in [1.165, 1.54) is 12.1 Å². The molecule has 0 aromatic carbocycles. The molecule has 3 heteroatoms. The lowest BCUT2D eigenvalue weighted by Gasteiger charge is -2.24. The highest BCUT2D eigenvalue weighted by Crippen LogP contribution is 2.02. The fraction of sp³-hybridized carbons (Fsp3) is 0.545. The Bertz CT molecular complexity index is 254. The second kappa shape index (κ2) is 5.08. The minimum Gasteiger partial charge on any atom is -0.314 e. The van der Waals surface area contributed by atoms with Gasteiger partial charge >= 0.3 is 0 Å². The van der Waals surface area contributed by atoms with Crippen LogP contribution in [0.5, 0.6) is 0 Å². The molecule has 14 heavy (non-hydrogen) atoms. The molecule has 1 aromatic heterocycles. The van der Waals surface area contributed by atoms with Gasteiger partial charge < -0.3 is 10.6 Å². The molecular formula is C11H17N3. The van der Waals surface area contributed by atoms with Crippen molar-refractivity contribution < 1.29 is 0 Å². The normalized spacial score (nSPS) is 22.1. The van der Waals surface area contributed by atoms with E-state index in [9.17, 15) is 0 Å². The molecule has 3 nitrogen and oxygen atoms in total. The van der Waals surface area contributed by atoms with Gasteiger partial charge in [-0.05, 0) is 25.0 Å². The molecule has 1 saturated heterocycles. The fourth-order valence-corrected chi connectivity index (χ4v) is 1.79. The van der Waals surface area contributed by atoms with Crippen LogP contribution in [0.15, 0.2) is 24.4 Å². The van der Waals surface area contributed by atoms with Gasteiger partial charge in [-0.15, -0.1) is 0 Å². The third kappa shape index (κ3) is 2.79. The molecule has 2 rings (SSSR count). The first-order valence-electron chi connectivity index (χ1n) is 5.29. The number of hydrogen-bond acceptors (Lipinski definition) is 3. The topological polar surface area (TPSA) is 37.0 Å². The molecule has 0 unspecified atom stereocenters. The SMILES string of the molecule is c1ccc(CC[C@H]2CNCCN2)nc1. The van der Waals surface area contributed by atoms with E-state index in [4.69, 9.17) is 0 Å². The zero-order valence-electron chi connectivity index (χ0n) is 8.37. The average Bonchev–Trinajstić information content (AvgIpc) is 2.29. The van der Waals surface area contributed by atoms with Crippen molar-refractivity contribution in [3.8, 4) is 0 Å². The van der Waals surface area contributed by atoms with Crippen molar-refractivity contribution >= 4 is 0 Å². The van der Waals surface area contributed by atoms with E-state index in [-0.39, 0.29) is 0 Å². The zero-order valence-corrected chi connectivity index (χ0v) is 8.37. The molecule has 1 atom stereocenters. The van der Waals surface area contributed by atoms with Crippen molar-refractivity contribution in [2.75, 3.05) is 19.6 Å². The number of pyridine rings is 1. The van der Waals surface area contributed by atoms with Gasteiger partial charge in [0.15, 0.2) is 0 Å². The average molecular weight is 191 g/mol. The predicted octanol–water partition coefficient (Wildman–Crippen LogP) is 0.576. The second-order valence-electron chi connectivity index (χ2n) is 3.71. The number of hydrogen-bond donors (Lipinski definition) is 2. The first kappa shape index (κ1) is 9.62. The van der Waals surface area contributed by atoms with Crippen LogP contribution in [0.2, 0.25) is 0 Å². The highest BCUT2D eigenvalue weighted by molar-refractivity contribution is 5.03. The molecule has 0 amide bonds. The van der Waals surface area contributed by atoms with E-state index in [1.54, 1.807) is 0 Å². The van der Waals surface area contributed by atoms with Crippen LogP contribution in [-0.4, -0.2) is 30.7 Å². The summed E-state index contributed by atoms with van der Waals surface area (Å²) in [6.07, 6.45) is 4.10. The molecule has 1 aromatic rings. The summed E-state index contributed by atoms with van der Waals surface area (Å²) < 4.78 is 0. The summed E-state index contributed by atoms with van der Waals surface area (Å²) in [5, 5.41) is 6.89. The summed E-state index contributed by atoms with van der Waals surface area (Å²) >= 11 is 0. The van der Waals surface area contributed by atoms with E-state index >= 15 is 0 Å². The Labute approximate surface area is 84.9 Å². The van der Waals surface area contributed by atoms with Gasteiger partial charge in [0, 0.05) is 37.6 Å². The van der Waals surface area contributed by atoms with Crippen molar-refractivity contribution in [3.63, 3.8) is 0 Å². The van der Waals surface area contributed by atoms with Crippen LogP contribution in [0.1, 0.15) is 12.1 Å². The lowest BCUT2D eigenvalue weighted by Crippen LogP contribution is -2.48. The maximum absolute atomic E-state index is 4.31. The minimum atomic E-state index is 0.616. The largest absolute Gasteiger partial charge is 0.314 e. The number of nitrogens with zero attached hydrogens (tertiary/aromatic N) is 1. The van der Waals surface area contributed by atoms with E-state index in [2.05, 4.69) is 27.8 Å². The van der Waals surface area contributed by atoms with Crippen molar-refractivity contribution in [3.05, 3.63) is 30.1 Å². The predicted molar refractivity (Wildman–Crippen MR) is 57.2 cm³/mol. The zero-order chi connectivity index (χ0) is 9.64. The molecule has 76 valence electrons. The van der Waals surface area contributed by atoms with Gasteiger partial charge in [-0.1, -0.05) is 6.07 Å². The summed E-state index contributed by atoms with van der Waals surface area (Å²) in [4.78, 5) is 4.31. The van der Waals surface area contributed by atoms with Crippen LogP contribution in [-0.2, 0) is 6.42 Å². The van der Waals surface area contributed by atoms with Crippen molar-refractivity contribution in [2.24, 2.45) is 0 Å². The van der Waals surface area contributed by atoms with Crippen LogP contribution in [0.25, 0.3) is 0 Å². The van der Waals surface area contributed by atoms with Crippen LogP contribution in [0, 0.1) is 0 Å². The van der Waals surface area contributed by atoms with Gasteiger partial charge in [-0.3, -0.25) is 4.98 Å². The molecule has 2 heterocycles. The summed E-state index contributed by atoms with van der Waals surface area (Å²) in [6.45, 7) is 3.28. The first-order chi connectivity index (χ1) is 6.95. The molecule has 1 fully saturated rings.